The highest BCUT2D eigenvalue weighted by Gasteiger charge is 2.43. The Kier molecular flexibility index (Phi) is 6.84. The molecule has 140 valence electrons. The molecule has 0 unspecified atom stereocenters. The summed E-state index contributed by atoms with van der Waals surface area (Å²) in [6, 6.07) is 8.82. The molecule has 0 spiro atoms. The van der Waals surface area contributed by atoms with Crippen molar-refractivity contribution >= 4 is 20.7 Å². The zero-order chi connectivity index (χ0) is 18.4. The number of hydrogen-bond donors (Lipinski definition) is 1. The SMILES string of the molecule is CCC[C@@H](C)[C@H]1O[C@@H]1C[C@H](C)CS(=O)(=O)/C(=N/N)[N-]c1ccccc1. The third-order valence-electron chi connectivity index (χ3n) is 4.43. The van der Waals surface area contributed by atoms with Crippen LogP contribution < -0.4 is 5.84 Å². The van der Waals surface area contributed by atoms with Crippen LogP contribution in [-0.2, 0) is 14.6 Å². The number of nitrogens with zero attached hydrogens (tertiary/aromatic N) is 2. The van der Waals surface area contributed by atoms with Gasteiger partial charge in [0.1, 0.15) is 0 Å². The maximum atomic E-state index is 12.6. The van der Waals surface area contributed by atoms with Crippen molar-refractivity contribution in [2.24, 2.45) is 22.8 Å². The van der Waals surface area contributed by atoms with Crippen LogP contribution in [0.3, 0.4) is 0 Å². The van der Waals surface area contributed by atoms with Crippen LogP contribution in [0.1, 0.15) is 40.0 Å². The highest BCUT2D eigenvalue weighted by atomic mass is 32.2. The van der Waals surface area contributed by atoms with Crippen molar-refractivity contribution in [2.75, 3.05) is 5.75 Å². The first-order valence-corrected chi connectivity index (χ1v) is 10.5. The smallest absolute Gasteiger partial charge is 0.172 e. The lowest BCUT2D eigenvalue weighted by atomic mass is 9.96. The third kappa shape index (κ3) is 5.71. The quantitative estimate of drug-likeness (QED) is 0.250. The van der Waals surface area contributed by atoms with Gasteiger partial charge in [0.25, 0.3) is 0 Å². The number of para-hydroxylation sites is 1. The Balaban J connectivity index is 1.89. The fraction of sp³-hybridized carbons (Fsp3) is 0.611. The van der Waals surface area contributed by atoms with Crippen LogP contribution in [0.5, 0.6) is 0 Å². The van der Waals surface area contributed by atoms with Gasteiger partial charge in [0.05, 0.1) is 23.1 Å². The zero-order valence-electron chi connectivity index (χ0n) is 15.1. The molecule has 6 nitrogen and oxygen atoms in total. The number of hydrazone groups is 1. The number of benzene rings is 1. The van der Waals surface area contributed by atoms with Crippen molar-refractivity contribution < 1.29 is 13.2 Å². The van der Waals surface area contributed by atoms with Gasteiger partial charge in [-0.1, -0.05) is 57.5 Å². The molecule has 1 saturated heterocycles. The highest BCUT2D eigenvalue weighted by Crippen LogP contribution is 2.36. The second kappa shape index (κ2) is 8.67. The molecule has 0 radical (unpaired) electrons. The number of nitrogens with two attached hydrogens (primary N) is 1. The van der Waals surface area contributed by atoms with E-state index < -0.39 is 9.84 Å². The normalized spacial score (nSPS) is 23.1. The van der Waals surface area contributed by atoms with E-state index in [-0.39, 0.29) is 29.0 Å². The Morgan fingerprint density at radius 1 is 1.32 bits per heavy atom. The predicted octanol–water partition coefficient (Wildman–Crippen LogP) is 3.57. The van der Waals surface area contributed by atoms with E-state index in [0.29, 0.717) is 11.6 Å². The van der Waals surface area contributed by atoms with Crippen LogP contribution >= 0.6 is 0 Å². The van der Waals surface area contributed by atoms with Crippen LogP contribution in [0, 0.1) is 11.8 Å². The standard InChI is InChI=1S/C18H28N3O3S/c1-4-8-14(3)17-16(24-17)11-13(2)12-25(22,23)18(21-19)20-15-9-6-5-7-10-15/h5-7,9-10,13-14,16-17H,4,8,11-12,19H2,1-3H3/q-1/t13-,14+,16+,17+/m0/s1. The molecule has 1 aliphatic rings. The third-order valence-corrected chi connectivity index (χ3v) is 6.20. The second-order valence-electron chi connectivity index (χ2n) is 6.89. The first-order chi connectivity index (χ1) is 11.9. The summed E-state index contributed by atoms with van der Waals surface area (Å²) >= 11 is 0. The van der Waals surface area contributed by atoms with E-state index >= 15 is 0 Å². The van der Waals surface area contributed by atoms with Gasteiger partial charge in [0.2, 0.25) is 0 Å². The van der Waals surface area contributed by atoms with E-state index in [0.717, 1.165) is 19.3 Å². The highest BCUT2D eigenvalue weighted by molar-refractivity contribution is 8.06. The Morgan fingerprint density at radius 3 is 2.60 bits per heavy atom. The molecule has 2 N–H and O–H groups in total. The van der Waals surface area contributed by atoms with E-state index in [1.54, 1.807) is 24.3 Å². The molecule has 1 aromatic carbocycles. The predicted molar refractivity (Wildman–Crippen MR) is 101 cm³/mol. The molecule has 0 aliphatic carbocycles. The first kappa shape index (κ1) is 19.7. The number of hydrogen-bond acceptors (Lipinski definition) is 5. The molecule has 1 aromatic rings. The summed E-state index contributed by atoms with van der Waals surface area (Å²) < 4.78 is 30.8. The van der Waals surface area contributed by atoms with Crippen molar-refractivity contribution in [3.8, 4) is 0 Å². The molecular formula is C18H28N3O3S-. The van der Waals surface area contributed by atoms with Crippen LogP contribution in [0.25, 0.3) is 5.32 Å². The number of ether oxygens (including phenoxy) is 1. The summed E-state index contributed by atoms with van der Waals surface area (Å²) in [5.74, 6) is 5.72. The number of amidine groups is 1. The van der Waals surface area contributed by atoms with Gasteiger partial charge in [0.15, 0.2) is 9.84 Å². The van der Waals surface area contributed by atoms with E-state index in [4.69, 9.17) is 10.6 Å². The molecule has 0 aromatic heterocycles. The van der Waals surface area contributed by atoms with E-state index in [1.807, 2.05) is 13.0 Å². The Morgan fingerprint density at radius 2 is 2.00 bits per heavy atom. The molecular weight excluding hydrogens is 338 g/mol. The average Bonchev–Trinajstić information content (AvgIpc) is 3.32. The van der Waals surface area contributed by atoms with Gasteiger partial charge >= 0.3 is 0 Å². The Hall–Kier alpha value is -1.60. The number of epoxide rings is 1. The summed E-state index contributed by atoms with van der Waals surface area (Å²) in [4.78, 5) is 0. The lowest BCUT2D eigenvalue weighted by Gasteiger charge is -2.20. The Bertz CT molecular complexity index is 676. The van der Waals surface area contributed by atoms with Crippen LogP contribution in [0.2, 0.25) is 0 Å². The van der Waals surface area contributed by atoms with Crippen LogP contribution in [0.15, 0.2) is 35.4 Å². The monoisotopic (exact) mass is 366 g/mol. The molecule has 0 amide bonds. The van der Waals surface area contributed by atoms with Gasteiger partial charge in [-0.3, -0.25) is 0 Å². The largest absolute Gasteiger partial charge is 0.425 e. The maximum absolute atomic E-state index is 12.6. The minimum atomic E-state index is -3.63. The molecule has 1 aliphatic heterocycles. The number of rotatable bonds is 8. The number of sulfone groups is 1. The molecule has 25 heavy (non-hydrogen) atoms. The first-order valence-electron chi connectivity index (χ1n) is 8.80. The average molecular weight is 367 g/mol. The minimum Gasteiger partial charge on any atom is -0.425 e. The fourth-order valence-electron chi connectivity index (χ4n) is 3.17. The van der Waals surface area contributed by atoms with Gasteiger partial charge in [0, 0.05) is 0 Å². The summed E-state index contributed by atoms with van der Waals surface area (Å²) in [5.41, 5.74) is 0.516. The van der Waals surface area contributed by atoms with Gasteiger partial charge in [-0.15, -0.1) is 0 Å². The van der Waals surface area contributed by atoms with E-state index in [2.05, 4.69) is 24.3 Å². The molecule has 1 fully saturated rings. The van der Waals surface area contributed by atoms with Gasteiger partial charge in [-0.2, -0.15) is 0 Å². The Labute approximate surface area is 150 Å². The second-order valence-corrected chi connectivity index (χ2v) is 8.81. The molecule has 0 bridgehead atoms. The summed E-state index contributed by atoms with van der Waals surface area (Å²) in [6.45, 7) is 6.26. The van der Waals surface area contributed by atoms with Crippen molar-refractivity contribution in [3.05, 3.63) is 35.6 Å². The summed E-state index contributed by atoms with van der Waals surface area (Å²) in [5, 5.41) is 7.15. The maximum Gasteiger partial charge on any atom is 0.172 e. The van der Waals surface area contributed by atoms with Crippen LogP contribution in [0.4, 0.5) is 5.69 Å². The molecule has 2 rings (SSSR count). The molecule has 4 atom stereocenters. The van der Waals surface area contributed by atoms with Crippen LogP contribution in [-0.4, -0.2) is 31.5 Å². The van der Waals surface area contributed by atoms with Crippen molar-refractivity contribution in [3.63, 3.8) is 0 Å². The van der Waals surface area contributed by atoms with Crippen molar-refractivity contribution in [1.82, 2.24) is 0 Å². The molecule has 1 heterocycles. The fourth-order valence-corrected chi connectivity index (χ4v) is 4.61. The summed E-state index contributed by atoms with van der Waals surface area (Å²) in [7, 11) is -3.63. The van der Waals surface area contributed by atoms with Gasteiger partial charge < -0.3 is 21.0 Å². The van der Waals surface area contributed by atoms with Gasteiger partial charge in [-0.05, 0) is 30.4 Å². The lowest BCUT2D eigenvalue weighted by Crippen LogP contribution is -2.24. The molecule has 0 saturated carbocycles. The summed E-state index contributed by atoms with van der Waals surface area (Å²) in [6.07, 6.45) is 3.42. The minimum absolute atomic E-state index is 0.0336. The lowest BCUT2D eigenvalue weighted by molar-refractivity contribution is 0.307. The van der Waals surface area contributed by atoms with Crippen molar-refractivity contribution in [1.29, 1.82) is 0 Å². The van der Waals surface area contributed by atoms with Gasteiger partial charge in [-0.25, -0.2) is 8.42 Å². The van der Waals surface area contributed by atoms with E-state index in [9.17, 15) is 8.42 Å². The zero-order valence-corrected chi connectivity index (χ0v) is 15.9. The van der Waals surface area contributed by atoms with Crippen molar-refractivity contribution in [2.45, 2.75) is 52.2 Å². The topological polar surface area (TPSA) is 99.2 Å². The molecule has 7 heteroatoms. The van der Waals surface area contributed by atoms with E-state index in [1.165, 1.54) is 0 Å².